The van der Waals surface area contributed by atoms with Gasteiger partial charge in [0.05, 0.1) is 9.31 Å². The minimum atomic E-state index is -1.84. The number of para-hydroxylation sites is 1. The second-order valence-corrected chi connectivity index (χ2v) is 9.79. The van der Waals surface area contributed by atoms with E-state index in [4.69, 9.17) is 9.47 Å². The number of ether oxygens (including phenoxy) is 2. The van der Waals surface area contributed by atoms with Crippen molar-refractivity contribution in [3.05, 3.63) is 69.6 Å². The lowest BCUT2D eigenvalue weighted by Crippen LogP contribution is -2.13. The highest BCUT2D eigenvalue weighted by atomic mass is 79.9. The first-order valence-electron chi connectivity index (χ1n) is 8.49. The molecular weight excluding hydrogens is 479 g/mol. The molecule has 0 amide bonds. The Labute approximate surface area is 174 Å². The molecule has 0 aliphatic heterocycles. The third kappa shape index (κ3) is 4.79. The number of benzene rings is 2. The van der Waals surface area contributed by atoms with Crippen LogP contribution in [-0.4, -0.2) is 5.97 Å². The number of esters is 1. The minimum absolute atomic E-state index is 0.00121. The van der Waals surface area contributed by atoms with Gasteiger partial charge < -0.3 is 9.47 Å². The standard InChI is InChI=1S/C21H19Br2FO3/c1-21(2)16(12-17(22)23)18(21)20(25)27-19(24)13-7-6-10-15(11-13)26-14-8-4-3-5-9-14/h3-12,16,18-19H,1-2H3/t16-,18-,19?/m0/s1. The molecule has 1 fully saturated rings. The molecule has 1 saturated carbocycles. The van der Waals surface area contributed by atoms with Crippen LogP contribution in [0.25, 0.3) is 0 Å². The van der Waals surface area contributed by atoms with E-state index in [1.807, 2.05) is 50.3 Å². The van der Waals surface area contributed by atoms with E-state index in [9.17, 15) is 9.18 Å². The first-order valence-corrected chi connectivity index (χ1v) is 10.1. The van der Waals surface area contributed by atoms with E-state index in [0.717, 1.165) is 3.39 Å². The van der Waals surface area contributed by atoms with Crippen molar-refractivity contribution in [2.45, 2.75) is 20.2 Å². The largest absolute Gasteiger partial charge is 0.457 e. The van der Waals surface area contributed by atoms with E-state index in [2.05, 4.69) is 31.9 Å². The fourth-order valence-electron chi connectivity index (χ4n) is 3.16. The molecule has 3 nitrogen and oxygen atoms in total. The maximum absolute atomic E-state index is 14.6. The summed E-state index contributed by atoms with van der Waals surface area (Å²) in [5.74, 6) is 0.220. The van der Waals surface area contributed by atoms with Crippen LogP contribution in [0.1, 0.15) is 25.8 Å². The first kappa shape index (κ1) is 20.1. The summed E-state index contributed by atoms with van der Waals surface area (Å²) in [6.07, 6.45) is 0.0540. The lowest BCUT2D eigenvalue weighted by molar-refractivity contribution is -0.161. The average molecular weight is 498 g/mol. The van der Waals surface area contributed by atoms with Crippen molar-refractivity contribution in [2.24, 2.45) is 17.3 Å². The summed E-state index contributed by atoms with van der Waals surface area (Å²) in [5.41, 5.74) is -0.0222. The predicted octanol–water partition coefficient (Wildman–Crippen LogP) is 6.89. The number of halogens is 3. The minimum Gasteiger partial charge on any atom is -0.457 e. The number of hydrogen-bond acceptors (Lipinski definition) is 3. The van der Waals surface area contributed by atoms with Crippen LogP contribution in [0, 0.1) is 17.3 Å². The monoisotopic (exact) mass is 496 g/mol. The smallest absolute Gasteiger partial charge is 0.312 e. The molecule has 0 saturated heterocycles. The first-order chi connectivity index (χ1) is 12.8. The van der Waals surface area contributed by atoms with Crippen LogP contribution in [0.3, 0.4) is 0 Å². The van der Waals surface area contributed by atoms with Crippen LogP contribution in [0.15, 0.2) is 64.1 Å². The average Bonchev–Trinajstić information content (AvgIpc) is 3.15. The van der Waals surface area contributed by atoms with Gasteiger partial charge >= 0.3 is 5.97 Å². The van der Waals surface area contributed by atoms with Gasteiger partial charge in [-0.05, 0) is 67.5 Å². The molecule has 27 heavy (non-hydrogen) atoms. The Bertz CT molecular complexity index is 848. The number of rotatable bonds is 6. The summed E-state index contributed by atoms with van der Waals surface area (Å²) in [6.45, 7) is 3.93. The molecule has 6 heteroatoms. The predicted molar refractivity (Wildman–Crippen MR) is 110 cm³/mol. The van der Waals surface area contributed by atoms with E-state index in [1.54, 1.807) is 18.2 Å². The van der Waals surface area contributed by atoms with Crippen LogP contribution in [0.2, 0.25) is 0 Å². The molecule has 0 bridgehead atoms. The van der Waals surface area contributed by atoms with Crippen molar-refractivity contribution in [2.75, 3.05) is 0 Å². The number of hydrogen-bond donors (Lipinski definition) is 0. The van der Waals surface area contributed by atoms with Gasteiger partial charge in [0.15, 0.2) is 0 Å². The van der Waals surface area contributed by atoms with E-state index < -0.39 is 12.3 Å². The van der Waals surface area contributed by atoms with Gasteiger partial charge in [-0.3, -0.25) is 4.79 Å². The lowest BCUT2D eigenvalue weighted by atomic mass is 10.1. The molecule has 142 valence electrons. The summed E-state index contributed by atoms with van der Waals surface area (Å²) in [7, 11) is 0. The van der Waals surface area contributed by atoms with Crippen molar-refractivity contribution in [3.8, 4) is 11.5 Å². The fraction of sp³-hybridized carbons (Fsp3) is 0.286. The van der Waals surface area contributed by atoms with E-state index in [-0.39, 0.29) is 22.8 Å². The van der Waals surface area contributed by atoms with Gasteiger partial charge in [-0.1, -0.05) is 50.3 Å². The number of alkyl halides is 1. The van der Waals surface area contributed by atoms with Gasteiger partial charge in [0.25, 0.3) is 6.36 Å². The molecule has 2 aromatic rings. The molecular formula is C21H19Br2FO3. The Morgan fingerprint density at radius 1 is 1.11 bits per heavy atom. The molecule has 3 atom stereocenters. The van der Waals surface area contributed by atoms with Gasteiger partial charge in [-0.15, -0.1) is 0 Å². The van der Waals surface area contributed by atoms with Crippen LogP contribution < -0.4 is 4.74 Å². The zero-order valence-corrected chi connectivity index (χ0v) is 18.0. The molecule has 0 radical (unpaired) electrons. The van der Waals surface area contributed by atoms with Gasteiger partial charge in [-0.2, -0.15) is 4.39 Å². The molecule has 1 aliphatic carbocycles. The molecule has 0 heterocycles. The normalized spacial score (nSPS) is 21.1. The summed E-state index contributed by atoms with van der Waals surface area (Å²) in [5, 5.41) is 0. The highest BCUT2D eigenvalue weighted by Gasteiger charge is 2.61. The SMILES string of the molecule is CC1(C)[C@H](C(=O)OC(F)c2cccc(Oc3ccccc3)c2)[C@@H]1C=C(Br)Br. The summed E-state index contributed by atoms with van der Waals surface area (Å²) < 4.78 is 26.2. The van der Waals surface area contributed by atoms with E-state index >= 15 is 0 Å². The van der Waals surface area contributed by atoms with Crippen molar-refractivity contribution >= 4 is 37.8 Å². The third-order valence-corrected chi connectivity index (χ3v) is 5.32. The van der Waals surface area contributed by atoms with Gasteiger partial charge in [0, 0.05) is 5.56 Å². The Kier molecular flexibility index (Phi) is 6.06. The fourth-order valence-corrected chi connectivity index (χ4v) is 3.73. The van der Waals surface area contributed by atoms with Crippen LogP contribution in [0.4, 0.5) is 4.39 Å². The van der Waals surface area contributed by atoms with Crippen molar-refractivity contribution in [1.82, 2.24) is 0 Å². The molecule has 2 aromatic carbocycles. The Balaban J connectivity index is 1.66. The Morgan fingerprint density at radius 2 is 1.78 bits per heavy atom. The topological polar surface area (TPSA) is 35.5 Å². The molecule has 0 aromatic heterocycles. The van der Waals surface area contributed by atoms with Crippen LogP contribution in [-0.2, 0) is 9.53 Å². The van der Waals surface area contributed by atoms with Crippen LogP contribution in [0.5, 0.6) is 11.5 Å². The summed E-state index contributed by atoms with van der Waals surface area (Å²) >= 11 is 6.61. The molecule has 1 unspecified atom stereocenters. The Morgan fingerprint density at radius 3 is 2.44 bits per heavy atom. The Hall–Kier alpha value is -1.66. The van der Waals surface area contributed by atoms with Crippen LogP contribution >= 0.6 is 31.9 Å². The second kappa shape index (κ2) is 8.15. The van der Waals surface area contributed by atoms with Crippen molar-refractivity contribution in [3.63, 3.8) is 0 Å². The zero-order chi connectivity index (χ0) is 19.6. The molecule has 0 N–H and O–H groups in total. The summed E-state index contributed by atoms with van der Waals surface area (Å²) in [4.78, 5) is 12.4. The van der Waals surface area contributed by atoms with E-state index in [1.165, 1.54) is 6.07 Å². The zero-order valence-electron chi connectivity index (χ0n) is 14.9. The number of carbonyl (C=O) groups excluding carboxylic acids is 1. The van der Waals surface area contributed by atoms with Gasteiger partial charge in [-0.25, -0.2) is 0 Å². The highest BCUT2D eigenvalue weighted by Crippen LogP contribution is 2.60. The second-order valence-electron chi connectivity index (χ2n) is 7.02. The van der Waals surface area contributed by atoms with Gasteiger partial charge in [0.2, 0.25) is 0 Å². The number of carbonyl (C=O) groups is 1. The third-order valence-electron chi connectivity index (χ3n) is 4.79. The molecule has 0 spiro atoms. The summed E-state index contributed by atoms with van der Waals surface area (Å²) in [6, 6.07) is 15.7. The van der Waals surface area contributed by atoms with Crippen molar-refractivity contribution < 1.29 is 18.7 Å². The molecule has 3 rings (SSSR count). The molecule has 1 aliphatic rings. The number of allylic oxidation sites excluding steroid dienone is 1. The highest BCUT2D eigenvalue weighted by molar-refractivity contribution is 9.28. The lowest BCUT2D eigenvalue weighted by Gasteiger charge is -2.12. The van der Waals surface area contributed by atoms with E-state index in [0.29, 0.717) is 11.5 Å². The quantitative estimate of drug-likeness (QED) is 0.407. The maximum Gasteiger partial charge on any atom is 0.312 e. The maximum atomic E-state index is 14.6. The van der Waals surface area contributed by atoms with Gasteiger partial charge in [0.1, 0.15) is 11.5 Å². The van der Waals surface area contributed by atoms with Crippen molar-refractivity contribution in [1.29, 1.82) is 0 Å².